The van der Waals surface area contributed by atoms with Crippen LogP contribution in [0, 0.1) is 0 Å². The van der Waals surface area contributed by atoms with Crippen LogP contribution in [0.1, 0.15) is 0 Å². The molecule has 0 aliphatic rings. The van der Waals surface area contributed by atoms with Crippen molar-refractivity contribution in [1.82, 2.24) is 9.97 Å². The molecule has 4 aromatic carbocycles. The maximum absolute atomic E-state index is 4.66. The molecular weight excluding hydrogens is 364 g/mol. The summed E-state index contributed by atoms with van der Waals surface area (Å²) in [6, 6.07) is 34.1. The molecule has 0 N–H and O–H groups in total. The Labute approximate surface area is 174 Å². The third kappa shape index (κ3) is 2.66. The molecule has 140 valence electrons. The first-order valence-corrected chi connectivity index (χ1v) is 10.1. The van der Waals surface area contributed by atoms with Crippen LogP contribution in [0.2, 0.25) is 0 Å². The minimum Gasteiger partial charge on any atom is -0.255 e. The lowest BCUT2D eigenvalue weighted by Gasteiger charge is -2.12. The highest BCUT2D eigenvalue weighted by atomic mass is 14.8. The summed E-state index contributed by atoms with van der Waals surface area (Å²) in [6.45, 7) is 0. The largest absolute Gasteiger partial charge is 0.255 e. The molecule has 0 unspecified atom stereocenters. The summed E-state index contributed by atoms with van der Waals surface area (Å²) in [5.74, 6) is 0. The van der Waals surface area contributed by atoms with Gasteiger partial charge in [0.15, 0.2) is 0 Å². The van der Waals surface area contributed by atoms with E-state index in [1.54, 1.807) is 6.20 Å². The molecule has 2 aromatic heterocycles. The first-order chi connectivity index (χ1) is 14.9. The van der Waals surface area contributed by atoms with Gasteiger partial charge in [0.25, 0.3) is 0 Å². The highest BCUT2D eigenvalue weighted by Crippen LogP contribution is 2.36. The summed E-state index contributed by atoms with van der Waals surface area (Å²) in [5.41, 5.74) is 4.05. The van der Waals surface area contributed by atoms with E-state index in [4.69, 9.17) is 0 Å². The van der Waals surface area contributed by atoms with E-state index in [0.717, 1.165) is 17.0 Å². The van der Waals surface area contributed by atoms with Gasteiger partial charge in [-0.05, 0) is 62.1 Å². The zero-order chi connectivity index (χ0) is 19.9. The number of fused-ring (bicyclic) bond motifs is 6. The minimum atomic E-state index is 0.886. The Morgan fingerprint density at radius 1 is 0.400 bits per heavy atom. The molecule has 0 fully saturated rings. The number of pyridine rings is 2. The molecule has 0 radical (unpaired) electrons. The quantitative estimate of drug-likeness (QED) is 0.294. The molecule has 2 heterocycles. The zero-order valence-corrected chi connectivity index (χ0v) is 16.3. The Morgan fingerprint density at radius 2 is 0.967 bits per heavy atom. The predicted octanol–water partition coefficient (Wildman–Crippen LogP) is 7.27. The smallest absolute Gasteiger partial charge is 0.0886 e. The lowest BCUT2D eigenvalue weighted by molar-refractivity contribution is 1.25. The monoisotopic (exact) mass is 382 g/mol. The van der Waals surface area contributed by atoms with Gasteiger partial charge in [0.05, 0.1) is 11.4 Å². The van der Waals surface area contributed by atoms with Crippen LogP contribution >= 0.6 is 0 Å². The van der Waals surface area contributed by atoms with E-state index < -0.39 is 0 Å². The molecule has 0 aliphatic heterocycles. The van der Waals surface area contributed by atoms with Crippen molar-refractivity contribution in [3.8, 4) is 22.5 Å². The predicted molar refractivity (Wildman–Crippen MR) is 125 cm³/mol. The fourth-order valence-electron chi connectivity index (χ4n) is 4.32. The second-order valence-corrected chi connectivity index (χ2v) is 7.50. The third-order valence-corrected chi connectivity index (χ3v) is 5.77. The number of nitrogens with zero attached hydrogens (tertiary/aromatic N) is 2. The van der Waals surface area contributed by atoms with Crippen LogP contribution in [0.15, 0.2) is 109 Å². The van der Waals surface area contributed by atoms with Crippen LogP contribution in [0.3, 0.4) is 0 Å². The average Bonchev–Trinajstić information content (AvgIpc) is 2.84. The van der Waals surface area contributed by atoms with Crippen molar-refractivity contribution in [3.63, 3.8) is 0 Å². The van der Waals surface area contributed by atoms with Gasteiger partial charge in [-0.1, -0.05) is 72.8 Å². The number of hydrogen-bond acceptors (Lipinski definition) is 2. The van der Waals surface area contributed by atoms with Crippen molar-refractivity contribution < 1.29 is 0 Å². The summed E-state index contributed by atoms with van der Waals surface area (Å²) in [6.07, 6.45) is 3.73. The van der Waals surface area contributed by atoms with Gasteiger partial charge in [-0.2, -0.15) is 0 Å². The van der Waals surface area contributed by atoms with Gasteiger partial charge in [-0.3, -0.25) is 9.97 Å². The van der Waals surface area contributed by atoms with Crippen molar-refractivity contribution in [1.29, 1.82) is 0 Å². The van der Waals surface area contributed by atoms with Crippen molar-refractivity contribution in [2.75, 3.05) is 0 Å². The van der Waals surface area contributed by atoms with Crippen LogP contribution in [-0.4, -0.2) is 9.97 Å². The molecule has 6 aromatic rings. The minimum absolute atomic E-state index is 0.886. The van der Waals surface area contributed by atoms with E-state index in [1.165, 1.54) is 37.9 Å². The second kappa shape index (κ2) is 6.78. The Kier molecular flexibility index (Phi) is 3.82. The lowest BCUT2D eigenvalue weighted by Crippen LogP contribution is -1.88. The molecular formula is C28H18N2. The Morgan fingerprint density at radius 3 is 1.57 bits per heavy atom. The van der Waals surface area contributed by atoms with E-state index in [1.807, 2.05) is 30.5 Å². The fourth-order valence-corrected chi connectivity index (χ4v) is 4.32. The summed E-state index contributed by atoms with van der Waals surface area (Å²) >= 11 is 0. The molecule has 0 atom stereocenters. The summed E-state index contributed by atoms with van der Waals surface area (Å²) < 4.78 is 0. The second-order valence-electron chi connectivity index (χ2n) is 7.50. The first kappa shape index (κ1) is 16.9. The lowest BCUT2D eigenvalue weighted by atomic mass is 9.92. The normalized spacial score (nSPS) is 11.3. The first-order valence-electron chi connectivity index (χ1n) is 10.1. The van der Waals surface area contributed by atoms with Gasteiger partial charge in [-0.25, -0.2) is 0 Å². The molecule has 30 heavy (non-hydrogen) atoms. The molecule has 2 heteroatoms. The topological polar surface area (TPSA) is 25.8 Å². The van der Waals surface area contributed by atoms with Crippen LogP contribution in [0.5, 0.6) is 0 Å². The zero-order valence-electron chi connectivity index (χ0n) is 16.3. The van der Waals surface area contributed by atoms with Crippen LogP contribution < -0.4 is 0 Å². The highest BCUT2D eigenvalue weighted by molar-refractivity contribution is 6.25. The van der Waals surface area contributed by atoms with Crippen LogP contribution in [0.4, 0.5) is 0 Å². The van der Waals surface area contributed by atoms with Crippen molar-refractivity contribution in [3.05, 3.63) is 109 Å². The molecule has 0 spiro atoms. The number of benzene rings is 4. The average molecular weight is 382 g/mol. The van der Waals surface area contributed by atoms with Crippen LogP contribution in [-0.2, 0) is 0 Å². The summed E-state index contributed by atoms with van der Waals surface area (Å²) in [5, 5.41) is 7.73. The maximum Gasteiger partial charge on any atom is 0.0886 e. The molecule has 0 saturated carbocycles. The number of hydrogen-bond donors (Lipinski definition) is 0. The van der Waals surface area contributed by atoms with Crippen molar-refractivity contribution in [2.24, 2.45) is 0 Å². The Hall–Kier alpha value is -4.04. The molecule has 0 aliphatic carbocycles. The van der Waals surface area contributed by atoms with Crippen molar-refractivity contribution >= 4 is 32.3 Å². The Bertz CT molecular complexity index is 1480. The van der Waals surface area contributed by atoms with Gasteiger partial charge >= 0.3 is 0 Å². The molecule has 0 saturated heterocycles. The van der Waals surface area contributed by atoms with Crippen molar-refractivity contribution in [2.45, 2.75) is 0 Å². The van der Waals surface area contributed by atoms with E-state index in [9.17, 15) is 0 Å². The highest BCUT2D eigenvalue weighted by Gasteiger charge is 2.10. The summed E-state index contributed by atoms with van der Waals surface area (Å²) in [7, 11) is 0. The van der Waals surface area contributed by atoms with E-state index in [-0.39, 0.29) is 0 Å². The molecule has 0 amide bonds. The molecule has 2 nitrogen and oxygen atoms in total. The standard InChI is InChI=1S/C28H18N2/c1-2-9-23-21(7-1)22-8-3-4-10-24(22)26-17-19(12-14-25(23)26)20-13-15-28(30-18-20)27-11-5-6-16-29-27/h1-18H. The van der Waals surface area contributed by atoms with E-state index in [2.05, 4.69) is 82.8 Å². The van der Waals surface area contributed by atoms with E-state index in [0.29, 0.717) is 0 Å². The van der Waals surface area contributed by atoms with Crippen LogP contribution in [0.25, 0.3) is 54.8 Å². The third-order valence-electron chi connectivity index (χ3n) is 5.77. The SMILES string of the molecule is c1ccc(-c2ccc(-c3ccc4c5ccccc5c5ccccc5c4c3)cn2)nc1. The summed E-state index contributed by atoms with van der Waals surface area (Å²) in [4.78, 5) is 9.05. The van der Waals surface area contributed by atoms with E-state index >= 15 is 0 Å². The van der Waals surface area contributed by atoms with Gasteiger partial charge < -0.3 is 0 Å². The van der Waals surface area contributed by atoms with Gasteiger partial charge in [-0.15, -0.1) is 0 Å². The van der Waals surface area contributed by atoms with Gasteiger partial charge in [0.1, 0.15) is 0 Å². The molecule has 6 rings (SSSR count). The Balaban J connectivity index is 1.55. The number of rotatable bonds is 2. The van der Waals surface area contributed by atoms with Gasteiger partial charge in [0.2, 0.25) is 0 Å². The fraction of sp³-hybridized carbons (Fsp3) is 0. The maximum atomic E-state index is 4.66. The van der Waals surface area contributed by atoms with Gasteiger partial charge in [0, 0.05) is 18.0 Å². The molecule has 0 bridgehead atoms. The number of aromatic nitrogens is 2.